The lowest BCUT2D eigenvalue weighted by Gasteiger charge is -2.09. The molecule has 8 heteroatoms. The molecule has 0 aliphatic carbocycles. The number of carbonyl (C=O) groups excluding carboxylic acids is 1. The zero-order chi connectivity index (χ0) is 17.8. The Bertz CT molecular complexity index is 901. The lowest BCUT2D eigenvalue weighted by atomic mass is 10.3. The number of amides is 1. The van der Waals surface area contributed by atoms with Crippen molar-refractivity contribution in [2.75, 3.05) is 11.1 Å². The number of nitrogens with one attached hydrogen (secondary N) is 1. The molecule has 3 aromatic rings. The molecule has 0 unspecified atom stereocenters. The molecule has 1 heterocycles. The summed E-state index contributed by atoms with van der Waals surface area (Å²) in [6.45, 7) is 1.84. The molecule has 1 amide bonds. The number of para-hydroxylation sites is 1. The number of thioether (sulfide) groups is 1. The van der Waals surface area contributed by atoms with Crippen LogP contribution in [0.4, 0.5) is 10.1 Å². The van der Waals surface area contributed by atoms with E-state index in [9.17, 15) is 9.18 Å². The van der Waals surface area contributed by atoms with E-state index in [4.69, 9.17) is 11.6 Å². The van der Waals surface area contributed by atoms with Crippen LogP contribution in [0.1, 0.15) is 5.82 Å². The summed E-state index contributed by atoms with van der Waals surface area (Å²) in [5, 5.41) is 11.6. The molecular weight excluding hydrogens is 363 g/mol. The van der Waals surface area contributed by atoms with Gasteiger partial charge in [-0.25, -0.2) is 4.39 Å². The zero-order valence-corrected chi connectivity index (χ0v) is 14.8. The zero-order valence-electron chi connectivity index (χ0n) is 13.2. The molecule has 1 N–H and O–H groups in total. The predicted molar refractivity (Wildman–Crippen MR) is 96.9 cm³/mol. The maximum Gasteiger partial charge on any atom is 0.234 e. The van der Waals surface area contributed by atoms with Crippen LogP contribution in [-0.2, 0) is 4.79 Å². The highest BCUT2D eigenvalue weighted by molar-refractivity contribution is 7.99. The molecule has 2 aromatic carbocycles. The Kier molecular flexibility index (Phi) is 5.35. The predicted octanol–water partition coefficient (Wildman–Crippen LogP) is 4.10. The van der Waals surface area contributed by atoms with Gasteiger partial charge in [-0.2, -0.15) is 0 Å². The van der Waals surface area contributed by atoms with Gasteiger partial charge >= 0.3 is 0 Å². The Morgan fingerprint density at radius 1 is 1.24 bits per heavy atom. The van der Waals surface area contributed by atoms with Crippen LogP contribution < -0.4 is 5.32 Å². The molecule has 25 heavy (non-hydrogen) atoms. The summed E-state index contributed by atoms with van der Waals surface area (Å²) in [5.41, 5.74) is 1.01. The molecule has 1 aromatic heterocycles. The first-order valence-corrected chi connectivity index (χ1v) is 8.76. The van der Waals surface area contributed by atoms with Crippen LogP contribution in [0.2, 0.25) is 5.02 Å². The summed E-state index contributed by atoms with van der Waals surface area (Å²) in [7, 11) is 0. The Balaban J connectivity index is 1.69. The molecule has 128 valence electrons. The molecule has 0 saturated heterocycles. The van der Waals surface area contributed by atoms with Crippen LogP contribution in [0.25, 0.3) is 5.69 Å². The average Bonchev–Trinajstić information content (AvgIpc) is 2.97. The number of rotatable bonds is 5. The SMILES string of the molecule is Cc1nnc(SCC(=O)Nc2ccc(Cl)cc2F)n1-c1ccccc1. The van der Waals surface area contributed by atoms with Crippen molar-refractivity contribution in [2.45, 2.75) is 12.1 Å². The molecule has 0 saturated carbocycles. The topological polar surface area (TPSA) is 59.8 Å². The fraction of sp³-hybridized carbons (Fsp3) is 0.118. The number of hydrogen-bond donors (Lipinski definition) is 1. The summed E-state index contributed by atoms with van der Waals surface area (Å²) in [5.74, 6) is -0.119. The normalized spacial score (nSPS) is 10.7. The van der Waals surface area contributed by atoms with E-state index < -0.39 is 5.82 Å². The number of anilines is 1. The van der Waals surface area contributed by atoms with E-state index in [0.717, 1.165) is 17.6 Å². The van der Waals surface area contributed by atoms with Gasteiger partial charge in [-0.05, 0) is 37.3 Å². The summed E-state index contributed by atoms with van der Waals surface area (Å²) >= 11 is 6.93. The van der Waals surface area contributed by atoms with Crippen LogP contribution >= 0.6 is 23.4 Å². The van der Waals surface area contributed by atoms with Crippen molar-refractivity contribution in [1.82, 2.24) is 14.8 Å². The molecule has 0 atom stereocenters. The summed E-state index contributed by atoms with van der Waals surface area (Å²) < 4.78 is 15.6. The van der Waals surface area contributed by atoms with Gasteiger partial charge in [-0.3, -0.25) is 9.36 Å². The fourth-order valence-electron chi connectivity index (χ4n) is 2.22. The van der Waals surface area contributed by atoms with Crippen molar-refractivity contribution < 1.29 is 9.18 Å². The van der Waals surface area contributed by atoms with E-state index >= 15 is 0 Å². The second-order valence-corrected chi connectivity index (χ2v) is 6.54. The van der Waals surface area contributed by atoms with Gasteiger partial charge in [-0.1, -0.05) is 41.6 Å². The third kappa shape index (κ3) is 4.18. The van der Waals surface area contributed by atoms with Crippen molar-refractivity contribution in [2.24, 2.45) is 0 Å². The van der Waals surface area contributed by atoms with Crippen LogP contribution in [0, 0.1) is 12.7 Å². The molecule has 0 aliphatic rings. The minimum absolute atomic E-state index is 0.0764. The number of carbonyl (C=O) groups is 1. The number of benzene rings is 2. The van der Waals surface area contributed by atoms with Crippen LogP contribution in [0.5, 0.6) is 0 Å². The van der Waals surface area contributed by atoms with Gasteiger partial charge in [0.15, 0.2) is 5.16 Å². The van der Waals surface area contributed by atoms with E-state index in [1.54, 1.807) is 0 Å². The number of hydrogen-bond acceptors (Lipinski definition) is 4. The van der Waals surface area contributed by atoms with E-state index in [1.165, 1.54) is 23.9 Å². The van der Waals surface area contributed by atoms with Gasteiger partial charge in [-0.15, -0.1) is 10.2 Å². The molecule has 0 bridgehead atoms. The fourth-order valence-corrected chi connectivity index (χ4v) is 3.17. The Hall–Kier alpha value is -2.38. The van der Waals surface area contributed by atoms with Crippen molar-refractivity contribution in [1.29, 1.82) is 0 Å². The van der Waals surface area contributed by atoms with Gasteiger partial charge in [0.05, 0.1) is 11.4 Å². The molecule has 0 radical (unpaired) electrons. The van der Waals surface area contributed by atoms with Gasteiger partial charge in [0.25, 0.3) is 0 Å². The van der Waals surface area contributed by atoms with Crippen LogP contribution in [-0.4, -0.2) is 26.4 Å². The van der Waals surface area contributed by atoms with Gasteiger partial charge in [0, 0.05) is 10.7 Å². The van der Waals surface area contributed by atoms with Crippen LogP contribution in [0.3, 0.4) is 0 Å². The first kappa shape index (κ1) is 17.4. The highest BCUT2D eigenvalue weighted by atomic mass is 35.5. The maximum atomic E-state index is 13.7. The quantitative estimate of drug-likeness (QED) is 0.681. The standard InChI is InChI=1S/C17H14ClFN4OS/c1-11-21-22-17(23(11)13-5-3-2-4-6-13)25-10-16(24)20-15-8-7-12(18)9-14(15)19/h2-9H,10H2,1H3,(H,20,24). The van der Waals surface area contributed by atoms with E-state index in [-0.39, 0.29) is 22.4 Å². The van der Waals surface area contributed by atoms with Crippen LogP contribution in [0.15, 0.2) is 53.7 Å². The Morgan fingerprint density at radius 3 is 2.72 bits per heavy atom. The number of aromatic nitrogens is 3. The van der Waals surface area contributed by atoms with Crippen molar-refractivity contribution >= 4 is 35.0 Å². The van der Waals surface area contributed by atoms with Gasteiger partial charge in [0.2, 0.25) is 5.91 Å². The Labute approximate surface area is 153 Å². The maximum absolute atomic E-state index is 13.7. The smallest absolute Gasteiger partial charge is 0.234 e. The van der Waals surface area contributed by atoms with Gasteiger partial charge < -0.3 is 5.32 Å². The second-order valence-electron chi connectivity index (χ2n) is 5.16. The van der Waals surface area contributed by atoms with E-state index in [0.29, 0.717) is 5.16 Å². The van der Waals surface area contributed by atoms with Gasteiger partial charge in [0.1, 0.15) is 11.6 Å². The van der Waals surface area contributed by atoms with E-state index in [2.05, 4.69) is 15.5 Å². The van der Waals surface area contributed by atoms with E-state index in [1.807, 2.05) is 41.8 Å². The first-order chi connectivity index (χ1) is 12.0. The number of aryl methyl sites for hydroxylation is 1. The third-order valence-corrected chi connectivity index (χ3v) is 4.51. The van der Waals surface area contributed by atoms with Crippen molar-refractivity contribution in [3.63, 3.8) is 0 Å². The number of nitrogens with zero attached hydrogens (tertiary/aromatic N) is 3. The molecule has 5 nitrogen and oxygen atoms in total. The molecule has 3 rings (SSSR count). The highest BCUT2D eigenvalue weighted by Gasteiger charge is 2.14. The minimum Gasteiger partial charge on any atom is -0.323 e. The largest absolute Gasteiger partial charge is 0.323 e. The average molecular weight is 377 g/mol. The third-order valence-electron chi connectivity index (χ3n) is 3.35. The van der Waals surface area contributed by atoms with Crippen molar-refractivity contribution in [3.8, 4) is 5.69 Å². The monoisotopic (exact) mass is 376 g/mol. The summed E-state index contributed by atoms with van der Waals surface area (Å²) in [6.07, 6.45) is 0. The second kappa shape index (κ2) is 7.67. The molecule has 0 aliphatic heterocycles. The molecule has 0 spiro atoms. The lowest BCUT2D eigenvalue weighted by molar-refractivity contribution is -0.113. The molecular formula is C17H14ClFN4OS. The van der Waals surface area contributed by atoms with Crippen molar-refractivity contribution in [3.05, 3.63) is 65.2 Å². The highest BCUT2D eigenvalue weighted by Crippen LogP contribution is 2.23. The first-order valence-electron chi connectivity index (χ1n) is 7.40. The summed E-state index contributed by atoms with van der Waals surface area (Å²) in [6, 6.07) is 13.7. The minimum atomic E-state index is -0.575. The summed E-state index contributed by atoms with van der Waals surface area (Å²) in [4.78, 5) is 12.1. The number of halogens is 2. The Morgan fingerprint density at radius 2 is 2.00 bits per heavy atom. The lowest BCUT2D eigenvalue weighted by Crippen LogP contribution is -2.15. The molecule has 0 fully saturated rings.